The Balaban J connectivity index is 2.85. The summed E-state index contributed by atoms with van der Waals surface area (Å²) in [6.45, 7) is 8.75. The zero-order chi connectivity index (χ0) is 12.7. The van der Waals surface area contributed by atoms with Crippen LogP contribution < -0.4 is 5.32 Å². The van der Waals surface area contributed by atoms with Crippen LogP contribution in [0, 0.1) is 5.92 Å². The van der Waals surface area contributed by atoms with E-state index in [0.29, 0.717) is 11.8 Å². The van der Waals surface area contributed by atoms with Crippen LogP contribution in [0.25, 0.3) is 0 Å². The standard InChI is InChI=1S/C15H24ClN/c1-4-8-12(3)14(11-17-5-2)13-9-6-7-10-15(13)16/h6-7,9-10,12,14,17H,4-5,8,11H2,1-3H3. The van der Waals surface area contributed by atoms with Gasteiger partial charge in [-0.3, -0.25) is 0 Å². The third-order valence-electron chi connectivity index (χ3n) is 3.35. The van der Waals surface area contributed by atoms with E-state index in [9.17, 15) is 0 Å². The van der Waals surface area contributed by atoms with Crippen LogP contribution in [0.1, 0.15) is 45.1 Å². The smallest absolute Gasteiger partial charge is 0.0441 e. The van der Waals surface area contributed by atoms with Crippen molar-refractivity contribution >= 4 is 11.6 Å². The number of benzene rings is 1. The highest BCUT2D eigenvalue weighted by Gasteiger charge is 2.20. The normalized spacial score (nSPS) is 14.6. The van der Waals surface area contributed by atoms with E-state index in [-0.39, 0.29) is 0 Å². The van der Waals surface area contributed by atoms with Gasteiger partial charge in [0.2, 0.25) is 0 Å². The SMILES string of the molecule is CCCC(C)C(CNCC)c1ccccc1Cl. The largest absolute Gasteiger partial charge is 0.316 e. The first-order valence-electron chi connectivity index (χ1n) is 6.65. The second-order valence-corrected chi connectivity index (χ2v) is 5.11. The van der Waals surface area contributed by atoms with Crippen molar-refractivity contribution in [2.24, 2.45) is 5.92 Å². The highest BCUT2D eigenvalue weighted by molar-refractivity contribution is 6.31. The molecule has 0 heterocycles. The summed E-state index contributed by atoms with van der Waals surface area (Å²) in [6.07, 6.45) is 2.48. The molecule has 0 spiro atoms. The Labute approximate surface area is 111 Å². The minimum Gasteiger partial charge on any atom is -0.316 e. The topological polar surface area (TPSA) is 12.0 Å². The van der Waals surface area contributed by atoms with Crippen molar-refractivity contribution in [1.29, 1.82) is 0 Å². The second-order valence-electron chi connectivity index (χ2n) is 4.70. The monoisotopic (exact) mass is 253 g/mol. The molecule has 2 atom stereocenters. The first-order chi connectivity index (χ1) is 8.20. The summed E-state index contributed by atoms with van der Waals surface area (Å²) in [6, 6.07) is 8.24. The third kappa shape index (κ3) is 4.33. The number of halogens is 1. The Hall–Kier alpha value is -0.530. The van der Waals surface area contributed by atoms with Crippen LogP contribution in [0.3, 0.4) is 0 Å². The van der Waals surface area contributed by atoms with E-state index in [2.05, 4.69) is 38.2 Å². The molecular weight excluding hydrogens is 230 g/mol. The molecule has 1 nitrogen and oxygen atoms in total. The Kier molecular flexibility index (Phi) is 6.61. The van der Waals surface area contributed by atoms with E-state index in [4.69, 9.17) is 11.6 Å². The van der Waals surface area contributed by atoms with Gasteiger partial charge in [0.25, 0.3) is 0 Å². The fourth-order valence-electron chi connectivity index (χ4n) is 2.35. The molecule has 2 heteroatoms. The lowest BCUT2D eigenvalue weighted by atomic mass is 9.84. The summed E-state index contributed by atoms with van der Waals surface area (Å²) < 4.78 is 0. The highest BCUT2D eigenvalue weighted by atomic mass is 35.5. The van der Waals surface area contributed by atoms with Gasteiger partial charge in [0.1, 0.15) is 0 Å². The van der Waals surface area contributed by atoms with Gasteiger partial charge < -0.3 is 5.32 Å². The summed E-state index contributed by atoms with van der Waals surface area (Å²) >= 11 is 6.31. The number of hydrogen-bond acceptors (Lipinski definition) is 1. The van der Waals surface area contributed by atoms with Crippen LogP contribution >= 0.6 is 11.6 Å². The molecule has 1 aromatic carbocycles. The Morgan fingerprint density at radius 2 is 1.94 bits per heavy atom. The van der Waals surface area contributed by atoms with Gasteiger partial charge in [0.15, 0.2) is 0 Å². The molecule has 0 fully saturated rings. The zero-order valence-corrected chi connectivity index (χ0v) is 11.9. The lowest BCUT2D eigenvalue weighted by Gasteiger charge is -2.25. The van der Waals surface area contributed by atoms with E-state index >= 15 is 0 Å². The molecule has 96 valence electrons. The lowest BCUT2D eigenvalue weighted by molar-refractivity contribution is 0.407. The molecule has 2 unspecified atom stereocenters. The van der Waals surface area contributed by atoms with Gasteiger partial charge in [-0.25, -0.2) is 0 Å². The van der Waals surface area contributed by atoms with Crippen molar-refractivity contribution in [3.8, 4) is 0 Å². The summed E-state index contributed by atoms with van der Waals surface area (Å²) in [7, 11) is 0. The molecule has 1 N–H and O–H groups in total. The van der Waals surface area contributed by atoms with E-state index in [1.807, 2.05) is 12.1 Å². The van der Waals surface area contributed by atoms with Gasteiger partial charge in [0.05, 0.1) is 0 Å². The average molecular weight is 254 g/mol. The Bertz CT molecular complexity index is 324. The van der Waals surface area contributed by atoms with E-state index in [0.717, 1.165) is 18.1 Å². The molecule has 0 radical (unpaired) electrons. The van der Waals surface area contributed by atoms with Crippen LogP contribution in [0.15, 0.2) is 24.3 Å². The van der Waals surface area contributed by atoms with Gasteiger partial charge in [-0.05, 0) is 24.1 Å². The van der Waals surface area contributed by atoms with Crippen molar-refractivity contribution in [2.75, 3.05) is 13.1 Å². The van der Waals surface area contributed by atoms with Gasteiger partial charge in [0, 0.05) is 17.5 Å². The van der Waals surface area contributed by atoms with Crippen molar-refractivity contribution in [3.05, 3.63) is 34.9 Å². The van der Waals surface area contributed by atoms with Crippen LogP contribution in [-0.4, -0.2) is 13.1 Å². The summed E-state index contributed by atoms with van der Waals surface area (Å²) in [5, 5.41) is 4.36. The van der Waals surface area contributed by atoms with E-state index in [1.54, 1.807) is 0 Å². The number of rotatable bonds is 7. The summed E-state index contributed by atoms with van der Waals surface area (Å²) in [4.78, 5) is 0. The molecule has 0 saturated carbocycles. The number of nitrogens with one attached hydrogen (secondary N) is 1. The molecule has 0 aliphatic rings. The van der Waals surface area contributed by atoms with E-state index in [1.165, 1.54) is 18.4 Å². The van der Waals surface area contributed by atoms with Gasteiger partial charge >= 0.3 is 0 Å². The molecule has 0 saturated heterocycles. The van der Waals surface area contributed by atoms with Crippen LogP contribution in [0.2, 0.25) is 5.02 Å². The number of likely N-dealkylation sites (N-methyl/N-ethyl adjacent to an activating group) is 1. The minimum atomic E-state index is 0.517. The molecule has 0 aromatic heterocycles. The third-order valence-corrected chi connectivity index (χ3v) is 3.69. The molecule has 0 amide bonds. The van der Waals surface area contributed by atoms with Crippen LogP contribution in [0.4, 0.5) is 0 Å². The quantitative estimate of drug-likeness (QED) is 0.756. The molecule has 0 bridgehead atoms. The van der Waals surface area contributed by atoms with Crippen molar-refractivity contribution in [1.82, 2.24) is 5.32 Å². The maximum Gasteiger partial charge on any atom is 0.0441 e. The maximum absolute atomic E-state index is 6.31. The fraction of sp³-hybridized carbons (Fsp3) is 0.600. The summed E-state index contributed by atoms with van der Waals surface area (Å²) in [5.41, 5.74) is 1.29. The highest BCUT2D eigenvalue weighted by Crippen LogP contribution is 2.32. The van der Waals surface area contributed by atoms with Crippen LogP contribution in [-0.2, 0) is 0 Å². The first-order valence-corrected chi connectivity index (χ1v) is 7.03. The predicted octanol–water partition coefficient (Wildman–Crippen LogP) is 4.47. The summed E-state index contributed by atoms with van der Waals surface area (Å²) in [5.74, 6) is 1.18. The molecule has 0 aliphatic heterocycles. The van der Waals surface area contributed by atoms with Gasteiger partial charge in [-0.1, -0.05) is 63.4 Å². The zero-order valence-electron chi connectivity index (χ0n) is 11.2. The predicted molar refractivity (Wildman–Crippen MR) is 76.8 cm³/mol. The Morgan fingerprint density at radius 1 is 1.24 bits per heavy atom. The second kappa shape index (κ2) is 7.73. The lowest BCUT2D eigenvalue weighted by Crippen LogP contribution is -2.25. The minimum absolute atomic E-state index is 0.517. The average Bonchev–Trinajstić information content (AvgIpc) is 2.32. The van der Waals surface area contributed by atoms with Gasteiger partial charge in [-0.15, -0.1) is 0 Å². The molecule has 1 aromatic rings. The van der Waals surface area contributed by atoms with Gasteiger partial charge in [-0.2, -0.15) is 0 Å². The van der Waals surface area contributed by atoms with Crippen molar-refractivity contribution < 1.29 is 0 Å². The maximum atomic E-state index is 6.31. The fourth-order valence-corrected chi connectivity index (χ4v) is 2.63. The first kappa shape index (κ1) is 14.5. The van der Waals surface area contributed by atoms with E-state index < -0.39 is 0 Å². The number of hydrogen-bond donors (Lipinski definition) is 1. The molecular formula is C15H24ClN. The van der Waals surface area contributed by atoms with Crippen molar-refractivity contribution in [2.45, 2.75) is 39.5 Å². The van der Waals surface area contributed by atoms with Crippen LogP contribution in [0.5, 0.6) is 0 Å². The van der Waals surface area contributed by atoms with Crippen molar-refractivity contribution in [3.63, 3.8) is 0 Å². The molecule has 1 rings (SSSR count). The Morgan fingerprint density at radius 3 is 2.53 bits per heavy atom. The molecule has 17 heavy (non-hydrogen) atoms. The molecule has 0 aliphatic carbocycles.